The number of benzene rings is 1. The van der Waals surface area contributed by atoms with E-state index in [4.69, 9.17) is 9.47 Å². The highest BCUT2D eigenvalue weighted by atomic mass is 16.5. The Kier molecular flexibility index (Phi) is 4.38. The summed E-state index contributed by atoms with van der Waals surface area (Å²) in [5, 5.41) is 3.28. The van der Waals surface area contributed by atoms with E-state index < -0.39 is 0 Å². The summed E-state index contributed by atoms with van der Waals surface area (Å²) in [5.41, 5.74) is 0.971. The maximum atomic E-state index is 13.1. The zero-order chi connectivity index (χ0) is 17.6. The number of hydrogen-bond acceptors (Lipinski definition) is 3. The Balaban J connectivity index is 1.49. The van der Waals surface area contributed by atoms with Crippen molar-refractivity contribution in [2.24, 2.45) is 29.6 Å². The predicted octanol–water partition coefficient (Wildman–Crippen LogP) is 3.95. The van der Waals surface area contributed by atoms with E-state index in [0.717, 1.165) is 28.9 Å². The first-order chi connectivity index (χ1) is 12.1. The minimum absolute atomic E-state index is 0.0882. The standard InChI is InChI=1S/C21H29NO3/c1-12(18-11-17(24-2)4-5-19(18)25-3)22-21(23)20-15-7-13-6-14(9-15)10-16(20)8-13/h4-5,11-16,20H,6-10H2,1-3H3,(H,22,23). The lowest BCUT2D eigenvalue weighted by atomic mass is 9.51. The summed E-state index contributed by atoms with van der Waals surface area (Å²) in [6.07, 6.45) is 6.48. The summed E-state index contributed by atoms with van der Waals surface area (Å²) < 4.78 is 10.8. The molecule has 0 heterocycles. The van der Waals surface area contributed by atoms with Gasteiger partial charge in [-0.3, -0.25) is 4.79 Å². The van der Waals surface area contributed by atoms with Crippen LogP contribution in [-0.2, 0) is 4.79 Å². The average Bonchev–Trinajstić information content (AvgIpc) is 2.60. The third-order valence-corrected chi connectivity index (χ3v) is 6.79. The van der Waals surface area contributed by atoms with Crippen molar-refractivity contribution in [3.05, 3.63) is 23.8 Å². The van der Waals surface area contributed by atoms with Crippen molar-refractivity contribution in [3.8, 4) is 11.5 Å². The van der Waals surface area contributed by atoms with Gasteiger partial charge in [-0.05, 0) is 80.9 Å². The van der Waals surface area contributed by atoms with E-state index >= 15 is 0 Å². The van der Waals surface area contributed by atoms with Gasteiger partial charge in [0.2, 0.25) is 5.91 Å². The van der Waals surface area contributed by atoms with Crippen LogP contribution >= 0.6 is 0 Å². The topological polar surface area (TPSA) is 47.6 Å². The number of nitrogens with one attached hydrogen (secondary N) is 1. The molecule has 4 bridgehead atoms. The molecule has 25 heavy (non-hydrogen) atoms. The van der Waals surface area contributed by atoms with E-state index in [9.17, 15) is 4.79 Å². The van der Waals surface area contributed by atoms with Gasteiger partial charge in [0.05, 0.1) is 20.3 Å². The molecule has 0 aliphatic heterocycles. The lowest BCUT2D eigenvalue weighted by Crippen LogP contribution is -2.51. The zero-order valence-corrected chi connectivity index (χ0v) is 15.5. The molecule has 1 aromatic carbocycles. The lowest BCUT2D eigenvalue weighted by Gasteiger charge is -2.53. The van der Waals surface area contributed by atoms with Gasteiger partial charge in [0.25, 0.3) is 0 Å². The van der Waals surface area contributed by atoms with Crippen LogP contribution in [0.2, 0.25) is 0 Å². The number of carbonyl (C=O) groups excluding carboxylic acids is 1. The van der Waals surface area contributed by atoms with Gasteiger partial charge in [0.15, 0.2) is 0 Å². The minimum Gasteiger partial charge on any atom is -0.497 e. The number of rotatable bonds is 5. The molecule has 1 unspecified atom stereocenters. The molecule has 4 saturated carbocycles. The van der Waals surface area contributed by atoms with E-state index in [1.54, 1.807) is 14.2 Å². The second kappa shape index (κ2) is 6.54. The van der Waals surface area contributed by atoms with Crippen molar-refractivity contribution in [1.29, 1.82) is 0 Å². The number of carbonyl (C=O) groups is 1. The molecule has 1 amide bonds. The molecule has 4 aliphatic rings. The normalized spacial score (nSPS) is 33.8. The molecular weight excluding hydrogens is 314 g/mol. The first-order valence-electron chi connectivity index (χ1n) is 9.61. The Bertz CT molecular complexity index is 629. The first kappa shape index (κ1) is 16.7. The second-order valence-corrected chi connectivity index (χ2v) is 8.29. The largest absolute Gasteiger partial charge is 0.497 e. The second-order valence-electron chi connectivity index (χ2n) is 8.29. The van der Waals surface area contributed by atoms with Crippen LogP contribution in [0.5, 0.6) is 11.5 Å². The van der Waals surface area contributed by atoms with Gasteiger partial charge in [-0.1, -0.05) is 0 Å². The molecular formula is C21H29NO3. The zero-order valence-electron chi connectivity index (χ0n) is 15.5. The van der Waals surface area contributed by atoms with Gasteiger partial charge >= 0.3 is 0 Å². The molecule has 4 aliphatic carbocycles. The fraction of sp³-hybridized carbons (Fsp3) is 0.667. The van der Waals surface area contributed by atoms with Gasteiger partial charge in [-0.2, -0.15) is 0 Å². The van der Waals surface area contributed by atoms with Crippen LogP contribution in [0.1, 0.15) is 50.6 Å². The number of methoxy groups -OCH3 is 2. The molecule has 4 fully saturated rings. The number of hydrogen-bond donors (Lipinski definition) is 1. The molecule has 4 heteroatoms. The molecule has 0 saturated heterocycles. The fourth-order valence-corrected chi connectivity index (χ4v) is 5.92. The first-order valence-corrected chi connectivity index (χ1v) is 9.61. The monoisotopic (exact) mass is 343 g/mol. The molecule has 1 aromatic rings. The summed E-state index contributed by atoms with van der Waals surface area (Å²) >= 11 is 0. The minimum atomic E-state index is -0.0882. The van der Waals surface area contributed by atoms with Gasteiger partial charge in [0.1, 0.15) is 11.5 Å². The van der Waals surface area contributed by atoms with Crippen LogP contribution in [-0.4, -0.2) is 20.1 Å². The van der Waals surface area contributed by atoms with Crippen molar-refractivity contribution in [2.45, 2.75) is 45.1 Å². The third kappa shape index (κ3) is 3.00. The van der Waals surface area contributed by atoms with E-state index in [0.29, 0.717) is 11.8 Å². The van der Waals surface area contributed by atoms with E-state index in [-0.39, 0.29) is 17.9 Å². The average molecular weight is 343 g/mol. The van der Waals surface area contributed by atoms with Crippen LogP contribution in [0, 0.1) is 29.6 Å². The highest BCUT2D eigenvalue weighted by Gasteiger charge is 2.50. The summed E-state index contributed by atoms with van der Waals surface area (Å²) in [6.45, 7) is 2.03. The highest BCUT2D eigenvalue weighted by molar-refractivity contribution is 5.80. The summed E-state index contributed by atoms with van der Waals surface area (Å²) in [5.74, 6) is 5.03. The summed E-state index contributed by atoms with van der Waals surface area (Å²) in [4.78, 5) is 13.1. The smallest absolute Gasteiger partial charge is 0.224 e. The SMILES string of the molecule is COc1ccc(OC)c(C(C)NC(=O)C2C3CC4CC(C3)CC2C4)c1. The summed E-state index contributed by atoms with van der Waals surface area (Å²) in [7, 11) is 3.32. The van der Waals surface area contributed by atoms with Crippen molar-refractivity contribution in [3.63, 3.8) is 0 Å². The van der Waals surface area contributed by atoms with Crippen molar-refractivity contribution < 1.29 is 14.3 Å². The summed E-state index contributed by atoms with van der Waals surface area (Å²) in [6, 6.07) is 5.66. The maximum Gasteiger partial charge on any atom is 0.224 e. The Hall–Kier alpha value is -1.71. The Morgan fingerprint density at radius 2 is 1.68 bits per heavy atom. The van der Waals surface area contributed by atoms with Crippen molar-refractivity contribution in [1.82, 2.24) is 5.32 Å². The lowest BCUT2D eigenvalue weighted by molar-refractivity contribution is -0.138. The highest BCUT2D eigenvalue weighted by Crippen LogP contribution is 2.56. The fourth-order valence-electron chi connectivity index (χ4n) is 5.92. The molecule has 5 rings (SSSR count). The van der Waals surface area contributed by atoms with Crippen molar-refractivity contribution >= 4 is 5.91 Å². The molecule has 0 aromatic heterocycles. The van der Waals surface area contributed by atoms with E-state index in [1.165, 1.54) is 32.1 Å². The van der Waals surface area contributed by atoms with Crippen LogP contribution in [0.4, 0.5) is 0 Å². The van der Waals surface area contributed by atoms with Crippen LogP contribution in [0.25, 0.3) is 0 Å². The number of ether oxygens (including phenoxy) is 2. The van der Waals surface area contributed by atoms with Crippen LogP contribution in [0.15, 0.2) is 18.2 Å². The Labute approximate surface area is 150 Å². The third-order valence-electron chi connectivity index (χ3n) is 6.79. The molecule has 136 valence electrons. The Morgan fingerprint density at radius 1 is 1.04 bits per heavy atom. The molecule has 4 nitrogen and oxygen atoms in total. The van der Waals surface area contributed by atoms with Gasteiger partial charge in [-0.15, -0.1) is 0 Å². The molecule has 0 spiro atoms. The van der Waals surface area contributed by atoms with Crippen molar-refractivity contribution in [2.75, 3.05) is 14.2 Å². The van der Waals surface area contributed by atoms with Crippen LogP contribution in [0.3, 0.4) is 0 Å². The molecule has 1 atom stereocenters. The molecule has 0 radical (unpaired) electrons. The quantitative estimate of drug-likeness (QED) is 0.880. The van der Waals surface area contributed by atoms with E-state index in [1.807, 2.05) is 25.1 Å². The number of amides is 1. The van der Waals surface area contributed by atoms with Gasteiger partial charge in [-0.25, -0.2) is 0 Å². The van der Waals surface area contributed by atoms with Crippen LogP contribution < -0.4 is 14.8 Å². The predicted molar refractivity (Wildman–Crippen MR) is 96.6 cm³/mol. The molecule has 1 N–H and O–H groups in total. The van der Waals surface area contributed by atoms with Gasteiger partial charge in [0, 0.05) is 11.5 Å². The van der Waals surface area contributed by atoms with Gasteiger partial charge < -0.3 is 14.8 Å². The maximum absolute atomic E-state index is 13.1. The Morgan fingerprint density at radius 3 is 2.24 bits per heavy atom. The van der Waals surface area contributed by atoms with E-state index in [2.05, 4.69) is 5.32 Å².